The molecule has 0 aliphatic carbocycles. The molecule has 0 saturated carbocycles. The van der Waals surface area contributed by atoms with Gasteiger partial charge in [-0.3, -0.25) is 4.90 Å². The number of rotatable bonds is 3. The first-order valence-electron chi connectivity index (χ1n) is 4.62. The van der Waals surface area contributed by atoms with Crippen LogP contribution in [0.5, 0.6) is 0 Å². The maximum absolute atomic E-state index is 4.26. The van der Waals surface area contributed by atoms with Crippen molar-refractivity contribution >= 4 is 28.3 Å². The van der Waals surface area contributed by atoms with Gasteiger partial charge in [-0.2, -0.15) is 0 Å². The third kappa shape index (κ3) is 2.93. The van der Waals surface area contributed by atoms with Gasteiger partial charge in [0.15, 0.2) is 0 Å². The molecule has 0 spiro atoms. The van der Waals surface area contributed by atoms with Crippen LogP contribution in [0.25, 0.3) is 0 Å². The van der Waals surface area contributed by atoms with E-state index in [1.165, 1.54) is 0 Å². The summed E-state index contributed by atoms with van der Waals surface area (Å²) in [6, 6.07) is 0. The molecule has 0 N–H and O–H groups in total. The first kappa shape index (κ1) is 11.9. The van der Waals surface area contributed by atoms with Crippen LogP contribution < -0.4 is 0 Å². The van der Waals surface area contributed by atoms with Crippen LogP contribution in [-0.4, -0.2) is 47.7 Å². The highest BCUT2D eigenvalue weighted by atomic mass is 33.1. The molecule has 1 saturated heterocycles. The van der Waals surface area contributed by atoms with Gasteiger partial charge in [-0.1, -0.05) is 17.4 Å². The van der Waals surface area contributed by atoms with Gasteiger partial charge in [-0.25, -0.2) is 4.99 Å². The van der Waals surface area contributed by atoms with E-state index >= 15 is 0 Å². The number of amidine groups is 1. The van der Waals surface area contributed by atoms with Gasteiger partial charge in [0.1, 0.15) is 5.84 Å². The smallest absolute Gasteiger partial charge is 0.118 e. The average molecular weight is 231 g/mol. The molecule has 0 aromatic heterocycles. The zero-order valence-electron chi connectivity index (χ0n) is 8.68. The Bertz CT molecular complexity index is 230. The predicted molar refractivity (Wildman–Crippen MR) is 67.9 cm³/mol. The van der Waals surface area contributed by atoms with Gasteiger partial charge in [0.2, 0.25) is 0 Å². The van der Waals surface area contributed by atoms with Gasteiger partial charge < -0.3 is 4.90 Å². The largest absolute Gasteiger partial charge is 0.361 e. The molecule has 0 aromatic rings. The van der Waals surface area contributed by atoms with Crippen LogP contribution >= 0.6 is 22.5 Å². The Kier molecular flexibility index (Phi) is 4.84. The van der Waals surface area contributed by atoms with E-state index in [2.05, 4.69) is 47.0 Å². The van der Waals surface area contributed by atoms with Crippen molar-refractivity contribution < 1.29 is 0 Å². The fourth-order valence-corrected chi connectivity index (χ4v) is 2.12. The second-order valence-electron chi connectivity index (χ2n) is 3.32. The highest BCUT2D eigenvalue weighted by molar-refractivity contribution is 8.68. The monoisotopic (exact) mass is 231 g/mol. The molecule has 0 amide bonds. The van der Waals surface area contributed by atoms with Crippen LogP contribution in [0, 0.1) is 0 Å². The normalized spacial score (nSPS) is 23.9. The first-order chi connectivity index (χ1) is 6.69. The second-order valence-corrected chi connectivity index (χ2v) is 4.85. The van der Waals surface area contributed by atoms with Crippen LogP contribution in [0.1, 0.15) is 6.92 Å². The standard InChI is InChI=1S/C9H17N3S2/c1-4-10-9-7-12(8(2)14-13)6-5-11(9)3/h4,8,13H,1,5-7H2,2-3H3. The predicted octanol–water partition coefficient (Wildman–Crippen LogP) is 1.70. The van der Waals surface area contributed by atoms with Crippen molar-refractivity contribution in [3.8, 4) is 0 Å². The van der Waals surface area contributed by atoms with Crippen LogP contribution in [0.2, 0.25) is 0 Å². The summed E-state index contributed by atoms with van der Waals surface area (Å²) in [7, 11) is 3.64. The Hall–Kier alpha value is -0.130. The number of hydrogen-bond acceptors (Lipinski definition) is 4. The molecular weight excluding hydrogens is 214 g/mol. The van der Waals surface area contributed by atoms with Gasteiger partial charge in [-0.15, -0.1) is 11.7 Å². The van der Waals surface area contributed by atoms with Crippen molar-refractivity contribution in [2.45, 2.75) is 12.3 Å². The molecule has 80 valence electrons. The van der Waals surface area contributed by atoms with Gasteiger partial charge in [0, 0.05) is 26.3 Å². The van der Waals surface area contributed by atoms with Crippen molar-refractivity contribution in [1.82, 2.24) is 9.80 Å². The topological polar surface area (TPSA) is 18.8 Å². The molecule has 1 fully saturated rings. The van der Waals surface area contributed by atoms with E-state index in [9.17, 15) is 0 Å². The number of thiol groups is 1. The Labute approximate surface area is 95.1 Å². The SMILES string of the molecule is C=CN=C1CN(C(C)SS)CCN1C. The quantitative estimate of drug-likeness (QED) is 0.589. The molecule has 3 nitrogen and oxygen atoms in total. The molecule has 5 heteroatoms. The highest BCUT2D eigenvalue weighted by Gasteiger charge is 2.22. The Morgan fingerprint density at radius 2 is 2.36 bits per heavy atom. The van der Waals surface area contributed by atoms with E-state index in [1.807, 2.05) is 0 Å². The fraction of sp³-hybridized carbons (Fsp3) is 0.667. The summed E-state index contributed by atoms with van der Waals surface area (Å²) >= 11 is 4.23. The lowest BCUT2D eigenvalue weighted by atomic mass is 10.3. The second kappa shape index (κ2) is 5.68. The Morgan fingerprint density at radius 1 is 1.64 bits per heavy atom. The van der Waals surface area contributed by atoms with Crippen LogP contribution in [-0.2, 0) is 0 Å². The number of nitrogens with zero attached hydrogens (tertiary/aromatic N) is 3. The summed E-state index contributed by atoms with van der Waals surface area (Å²) in [6.07, 6.45) is 1.60. The van der Waals surface area contributed by atoms with Crippen molar-refractivity contribution in [1.29, 1.82) is 0 Å². The van der Waals surface area contributed by atoms with E-state index in [4.69, 9.17) is 0 Å². The number of piperazine rings is 1. The summed E-state index contributed by atoms with van der Waals surface area (Å²) in [5.74, 6) is 1.08. The van der Waals surface area contributed by atoms with Crippen LogP contribution in [0.4, 0.5) is 0 Å². The van der Waals surface area contributed by atoms with E-state index in [-0.39, 0.29) is 0 Å². The lowest BCUT2D eigenvalue weighted by molar-refractivity contribution is 0.240. The van der Waals surface area contributed by atoms with Crippen molar-refractivity contribution in [2.75, 3.05) is 26.7 Å². The fourth-order valence-electron chi connectivity index (χ4n) is 1.41. The minimum Gasteiger partial charge on any atom is -0.361 e. The summed E-state index contributed by atoms with van der Waals surface area (Å²) in [4.78, 5) is 8.80. The minimum atomic E-state index is 0.432. The highest BCUT2D eigenvalue weighted by Crippen LogP contribution is 2.20. The molecule has 1 rings (SSSR count). The molecule has 1 atom stereocenters. The number of aliphatic imine (C=N–C) groups is 1. The Morgan fingerprint density at radius 3 is 2.93 bits per heavy atom. The molecule has 1 aliphatic heterocycles. The molecule has 0 bridgehead atoms. The van der Waals surface area contributed by atoms with Gasteiger partial charge in [0.25, 0.3) is 0 Å². The van der Waals surface area contributed by atoms with Crippen molar-refractivity contribution in [3.05, 3.63) is 12.8 Å². The van der Waals surface area contributed by atoms with E-state index in [0.29, 0.717) is 5.37 Å². The molecule has 1 aliphatic rings. The van der Waals surface area contributed by atoms with Crippen molar-refractivity contribution in [3.63, 3.8) is 0 Å². The third-order valence-electron chi connectivity index (χ3n) is 2.41. The first-order valence-corrected chi connectivity index (χ1v) is 6.55. The molecule has 14 heavy (non-hydrogen) atoms. The lowest BCUT2D eigenvalue weighted by Crippen LogP contribution is -2.50. The zero-order chi connectivity index (χ0) is 10.6. The molecular formula is C9H17N3S2. The summed E-state index contributed by atoms with van der Waals surface area (Å²) < 4.78 is 0. The van der Waals surface area contributed by atoms with Crippen LogP contribution in [0.3, 0.4) is 0 Å². The lowest BCUT2D eigenvalue weighted by Gasteiger charge is -2.37. The van der Waals surface area contributed by atoms with Gasteiger partial charge in [-0.05, 0) is 6.92 Å². The number of likely N-dealkylation sites (N-methyl/N-ethyl adjacent to an activating group) is 1. The summed E-state index contributed by atoms with van der Waals surface area (Å²) in [5, 5.41) is 0.432. The summed E-state index contributed by atoms with van der Waals surface area (Å²) in [5.41, 5.74) is 0. The van der Waals surface area contributed by atoms with Gasteiger partial charge >= 0.3 is 0 Å². The zero-order valence-corrected chi connectivity index (χ0v) is 10.4. The van der Waals surface area contributed by atoms with Gasteiger partial charge in [0.05, 0.1) is 11.9 Å². The molecule has 1 heterocycles. The summed E-state index contributed by atoms with van der Waals surface area (Å²) in [6.45, 7) is 8.76. The van der Waals surface area contributed by atoms with E-state index in [1.54, 1.807) is 17.0 Å². The van der Waals surface area contributed by atoms with E-state index < -0.39 is 0 Å². The molecule has 0 radical (unpaired) electrons. The third-order valence-corrected chi connectivity index (χ3v) is 3.93. The maximum atomic E-state index is 4.26. The number of hydrogen-bond donors (Lipinski definition) is 1. The minimum absolute atomic E-state index is 0.432. The van der Waals surface area contributed by atoms with Crippen LogP contribution in [0.15, 0.2) is 17.8 Å². The van der Waals surface area contributed by atoms with E-state index in [0.717, 1.165) is 25.5 Å². The molecule has 1 unspecified atom stereocenters. The molecule has 0 aromatic carbocycles. The maximum Gasteiger partial charge on any atom is 0.118 e. The van der Waals surface area contributed by atoms with Crippen molar-refractivity contribution in [2.24, 2.45) is 4.99 Å². The Balaban J connectivity index is 2.61. The average Bonchev–Trinajstić information content (AvgIpc) is 2.20.